The maximum atomic E-state index is 10.8. The van der Waals surface area contributed by atoms with E-state index >= 15 is 0 Å². The number of aromatic nitrogens is 2. The van der Waals surface area contributed by atoms with Crippen LogP contribution in [0, 0.1) is 13.8 Å². The Hall–Kier alpha value is -2.10. The van der Waals surface area contributed by atoms with E-state index in [4.69, 9.17) is 5.11 Å². The Morgan fingerprint density at radius 1 is 1.31 bits per heavy atom. The standard InChI is InChI=1S/C12H12N2O2/c1-8-6-9(2)14(13-8)11-5-3-4-10(7-11)12(15)16/h3-7H,1-2H3,(H,15,16). The fourth-order valence-electron chi connectivity index (χ4n) is 1.66. The number of nitrogens with zero attached hydrogens (tertiary/aromatic N) is 2. The molecule has 0 spiro atoms. The van der Waals surface area contributed by atoms with Gasteiger partial charge in [0, 0.05) is 5.69 Å². The van der Waals surface area contributed by atoms with Crippen molar-refractivity contribution in [3.63, 3.8) is 0 Å². The van der Waals surface area contributed by atoms with Crippen molar-refractivity contribution in [1.29, 1.82) is 0 Å². The summed E-state index contributed by atoms with van der Waals surface area (Å²) in [5.41, 5.74) is 2.94. The van der Waals surface area contributed by atoms with Gasteiger partial charge in [0.15, 0.2) is 0 Å². The molecule has 4 heteroatoms. The second-order valence-electron chi connectivity index (χ2n) is 3.69. The van der Waals surface area contributed by atoms with Crippen LogP contribution in [0.1, 0.15) is 21.7 Å². The average Bonchev–Trinajstić information content (AvgIpc) is 2.58. The lowest BCUT2D eigenvalue weighted by molar-refractivity contribution is 0.0697. The van der Waals surface area contributed by atoms with E-state index in [0.717, 1.165) is 17.1 Å². The highest BCUT2D eigenvalue weighted by Crippen LogP contribution is 2.13. The minimum atomic E-state index is -0.927. The van der Waals surface area contributed by atoms with Gasteiger partial charge < -0.3 is 5.11 Å². The summed E-state index contributed by atoms with van der Waals surface area (Å²) in [5.74, 6) is -0.927. The van der Waals surface area contributed by atoms with Crippen molar-refractivity contribution in [2.75, 3.05) is 0 Å². The zero-order chi connectivity index (χ0) is 11.7. The first-order chi connectivity index (χ1) is 7.58. The molecule has 0 aliphatic rings. The molecule has 0 unspecified atom stereocenters. The van der Waals surface area contributed by atoms with Gasteiger partial charge in [0.05, 0.1) is 16.9 Å². The molecule has 1 heterocycles. The molecule has 82 valence electrons. The molecule has 1 aromatic carbocycles. The van der Waals surface area contributed by atoms with Gasteiger partial charge in [-0.05, 0) is 38.1 Å². The minimum absolute atomic E-state index is 0.269. The number of benzene rings is 1. The number of aryl methyl sites for hydroxylation is 2. The molecule has 0 aliphatic carbocycles. The zero-order valence-electron chi connectivity index (χ0n) is 9.14. The third-order valence-corrected chi connectivity index (χ3v) is 2.35. The Morgan fingerprint density at radius 3 is 2.62 bits per heavy atom. The van der Waals surface area contributed by atoms with E-state index in [2.05, 4.69) is 5.10 Å². The second kappa shape index (κ2) is 3.81. The summed E-state index contributed by atoms with van der Waals surface area (Å²) >= 11 is 0. The lowest BCUT2D eigenvalue weighted by atomic mass is 10.2. The summed E-state index contributed by atoms with van der Waals surface area (Å²) in [7, 11) is 0. The summed E-state index contributed by atoms with van der Waals surface area (Å²) in [4.78, 5) is 10.8. The molecular weight excluding hydrogens is 204 g/mol. The Balaban J connectivity index is 2.52. The Kier molecular flexibility index (Phi) is 2.48. The van der Waals surface area contributed by atoms with Crippen LogP contribution in [-0.4, -0.2) is 20.9 Å². The molecule has 0 saturated heterocycles. The van der Waals surface area contributed by atoms with Crippen LogP contribution in [0.4, 0.5) is 0 Å². The number of carboxylic acids is 1. The van der Waals surface area contributed by atoms with Crippen molar-refractivity contribution in [1.82, 2.24) is 9.78 Å². The Morgan fingerprint density at radius 2 is 2.06 bits per heavy atom. The van der Waals surface area contributed by atoms with Crippen LogP contribution in [0.3, 0.4) is 0 Å². The first-order valence-corrected chi connectivity index (χ1v) is 4.95. The summed E-state index contributed by atoms with van der Waals surface area (Å²) in [6.45, 7) is 3.85. The predicted molar refractivity (Wildman–Crippen MR) is 60.0 cm³/mol. The fraction of sp³-hybridized carbons (Fsp3) is 0.167. The van der Waals surface area contributed by atoms with Crippen LogP contribution in [0.2, 0.25) is 0 Å². The molecule has 0 atom stereocenters. The first kappa shape index (κ1) is 10.4. The van der Waals surface area contributed by atoms with E-state index in [1.807, 2.05) is 26.0 Å². The number of rotatable bonds is 2. The molecule has 0 amide bonds. The van der Waals surface area contributed by atoms with Crippen molar-refractivity contribution in [3.05, 3.63) is 47.3 Å². The van der Waals surface area contributed by atoms with E-state index in [1.54, 1.807) is 22.9 Å². The van der Waals surface area contributed by atoms with Gasteiger partial charge in [-0.2, -0.15) is 5.10 Å². The maximum Gasteiger partial charge on any atom is 0.335 e. The summed E-state index contributed by atoms with van der Waals surface area (Å²) in [6, 6.07) is 8.69. The molecule has 4 nitrogen and oxygen atoms in total. The van der Waals surface area contributed by atoms with E-state index in [0.29, 0.717) is 0 Å². The van der Waals surface area contributed by atoms with Gasteiger partial charge in [-0.15, -0.1) is 0 Å². The minimum Gasteiger partial charge on any atom is -0.478 e. The zero-order valence-corrected chi connectivity index (χ0v) is 9.14. The summed E-state index contributed by atoms with van der Waals surface area (Å²) in [5, 5.41) is 13.2. The van der Waals surface area contributed by atoms with Crippen LogP contribution in [0.5, 0.6) is 0 Å². The van der Waals surface area contributed by atoms with Gasteiger partial charge in [0.25, 0.3) is 0 Å². The quantitative estimate of drug-likeness (QED) is 0.837. The number of carbonyl (C=O) groups is 1. The topological polar surface area (TPSA) is 55.1 Å². The molecule has 1 aromatic heterocycles. The molecule has 0 radical (unpaired) electrons. The molecular formula is C12H12N2O2. The average molecular weight is 216 g/mol. The van der Waals surface area contributed by atoms with Gasteiger partial charge in [0.2, 0.25) is 0 Å². The summed E-state index contributed by atoms with van der Waals surface area (Å²) in [6.07, 6.45) is 0. The Labute approximate surface area is 93.1 Å². The Bertz CT molecular complexity index is 544. The number of hydrogen-bond acceptors (Lipinski definition) is 2. The van der Waals surface area contributed by atoms with Gasteiger partial charge >= 0.3 is 5.97 Å². The monoisotopic (exact) mass is 216 g/mol. The van der Waals surface area contributed by atoms with Crippen molar-refractivity contribution < 1.29 is 9.90 Å². The maximum absolute atomic E-state index is 10.8. The number of hydrogen-bond donors (Lipinski definition) is 1. The van der Waals surface area contributed by atoms with E-state index < -0.39 is 5.97 Å². The first-order valence-electron chi connectivity index (χ1n) is 4.95. The van der Waals surface area contributed by atoms with Crippen LogP contribution in [-0.2, 0) is 0 Å². The van der Waals surface area contributed by atoms with Crippen molar-refractivity contribution in [2.45, 2.75) is 13.8 Å². The van der Waals surface area contributed by atoms with Gasteiger partial charge in [-0.25, -0.2) is 9.48 Å². The third-order valence-electron chi connectivity index (χ3n) is 2.35. The van der Waals surface area contributed by atoms with Gasteiger partial charge in [-0.3, -0.25) is 0 Å². The molecule has 0 aliphatic heterocycles. The molecule has 2 aromatic rings. The van der Waals surface area contributed by atoms with Crippen LogP contribution >= 0.6 is 0 Å². The highest BCUT2D eigenvalue weighted by atomic mass is 16.4. The lowest BCUT2D eigenvalue weighted by Crippen LogP contribution is -2.02. The van der Waals surface area contributed by atoms with Crippen molar-refractivity contribution in [3.8, 4) is 5.69 Å². The van der Waals surface area contributed by atoms with Gasteiger partial charge in [-0.1, -0.05) is 6.07 Å². The SMILES string of the molecule is Cc1cc(C)n(-c2cccc(C(=O)O)c2)n1. The molecule has 0 fully saturated rings. The molecule has 1 N–H and O–H groups in total. The second-order valence-corrected chi connectivity index (χ2v) is 3.69. The van der Waals surface area contributed by atoms with Gasteiger partial charge in [0.1, 0.15) is 0 Å². The summed E-state index contributed by atoms with van der Waals surface area (Å²) < 4.78 is 1.74. The predicted octanol–water partition coefficient (Wildman–Crippen LogP) is 2.19. The number of carboxylic acid groups (broad SMARTS) is 1. The highest BCUT2D eigenvalue weighted by molar-refractivity contribution is 5.88. The molecule has 2 rings (SSSR count). The molecule has 16 heavy (non-hydrogen) atoms. The van der Waals surface area contributed by atoms with Crippen LogP contribution in [0.15, 0.2) is 30.3 Å². The van der Waals surface area contributed by atoms with Crippen molar-refractivity contribution >= 4 is 5.97 Å². The third kappa shape index (κ3) is 1.82. The van der Waals surface area contributed by atoms with E-state index in [1.165, 1.54) is 0 Å². The van der Waals surface area contributed by atoms with Crippen LogP contribution < -0.4 is 0 Å². The lowest BCUT2D eigenvalue weighted by Gasteiger charge is -2.04. The molecule has 0 bridgehead atoms. The smallest absolute Gasteiger partial charge is 0.335 e. The van der Waals surface area contributed by atoms with Crippen LogP contribution in [0.25, 0.3) is 5.69 Å². The largest absolute Gasteiger partial charge is 0.478 e. The van der Waals surface area contributed by atoms with Crippen molar-refractivity contribution in [2.24, 2.45) is 0 Å². The van der Waals surface area contributed by atoms with E-state index in [9.17, 15) is 4.79 Å². The fourth-order valence-corrected chi connectivity index (χ4v) is 1.66. The van der Waals surface area contributed by atoms with E-state index in [-0.39, 0.29) is 5.56 Å². The molecule has 0 saturated carbocycles. The normalized spacial score (nSPS) is 10.4. The highest BCUT2D eigenvalue weighted by Gasteiger charge is 2.07. The number of aromatic carboxylic acids is 1.